The molecule has 0 saturated carbocycles. The summed E-state index contributed by atoms with van der Waals surface area (Å²) in [6, 6.07) is 19.4. The van der Waals surface area contributed by atoms with Crippen LogP contribution in [0.15, 0.2) is 73.6 Å². The van der Waals surface area contributed by atoms with Gasteiger partial charge in [-0.15, -0.1) is 0 Å². The fourth-order valence-electron chi connectivity index (χ4n) is 3.64. The zero-order chi connectivity index (χ0) is 17.1. The van der Waals surface area contributed by atoms with Crippen LogP contribution in [0, 0.1) is 5.92 Å². The number of aromatic nitrogens is 1. The lowest BCUT2D eigenvalue weighted by molar-refractivity contribution is 0.429. The third kappa shape index (κ3) is 3.42. The highest BCUT2D eigenvalue weighted by molar-refractivity contribution is 5.85. The lowest BCUT2D eigenvalue weighted by Gasteiger charge is -2.27. The first kappa shape index (κ1) is 15.9. The third-order valence-electron chi connectivity index (χ3n) is 5.05. The van der Waals surface area contributed by atoms with Crippen LogP contribution in [0.2, 0.25) is 0 Å². The monoisotopic (exact) mass is 329 g/mol. The minimum atomic E-state index is 0.275. The topological polar surface area (TPSA) is 37.0 Å². The number of pyridine rings is 1. The molecule has 4 rings (SSSR count). The van der Waals surface area contributed by atoms with E-state index < -0.39 is 0 Å². The molecule has 0 bridgehead atoms. The maximum Gasteiger partial charge on any atom is 0.0554 e. The van der Waals surface area contributed by atoms with E-state index in [0.29, 0.717) is 5.92 Å². The van der Waals surface area contributed by atoms with Crippen LogP contribution < -0.4 is 10.6 Å². The highest BCUT2D eigenvalue weighted by atomic mass is 15.0. The van der Waals surface area contributed by atoms with Gasteiger partial charge in [-0.3, -0.25) is 4.98 Å². The summed E-state index contributed by atoms with van der Waals surface area (Å²) in [4.78, 5) is 4.18. The van der Waals surface area contributed by atoms with E-state index in [4.69, 9.17) is 0 Å². The molecule has 2 N–H and O–H groups in total. The lowest BCUT2D eigenvalue weighted by Crippen LogP contribution is -2.28. The van der Waals surface area contributed by atoms with Gasteiger partial charge in [0, 0.05) is 30.0 Å². The van der Waals surface area contributed by atoms with Crippen LogP contribution in [-0.4, -0.2) is 18.1 Å². The number of nitrogens with zero attached hydrogens (tertiary/aromatic N) is 1. The van der Waals surface area contributed by atoms with Gasteiger partial charge in [0.2, 0.25) is 0 Å². The molecule has 3 aromatic rings. The van der Waals surface area contributed by atoms with Gasteiger partial charge in [0.15, 0.2) is 0 Å². The van der Waals surface area contributed by atoms with E-state index in [9.17, 15) is 0 Å². The number of hydrogen-bond acceptors (Lipinski definition) is 3. The predicted octanol–water partition coefficient (Wildman–Crippen LogP) is 4.15. The second-order valence-electron chi connectivity index (χ2n) is 6.70. The minimum Gasteiger partial charge on any atom is -0.378 e. The van der Waals surface area contributed by atoms with E-state index >= 15 is 0 Å². The smallest absolute Gasteiger partial charge is 0.0554 e. The van der Waals surface area contributed by atoms with Crippen LogP contribution in [0.3, 0.4) is 0 Å². The third-order valence-corrected chi connectivity index (χ3v) is 5.05. The van der Waals surface area contributed by atoms with E-state index in [1.54, 1.807) is 0 Å². The molecule has 2 aromatic carbocycles. The van der Waals surface area contributed by atoms with Crippen molar-refractivity contribution in [3.8, 4) is 0 Å². The molecule has 1 aliphatic rings. The summed E-state index contributed by atoms with van der Waals surface area (Å²) in [6.07, 6.45) is 4.91. The van der Waals surface area contributed by atoms with Crippen molar-refractivity contribution >= 4 is 16.5 Å². The van der Waals surface area contributed by atoms with Gasteiger partial charge in [0.25, 0.3) is 0 Å². The quantitative estimate of drug-likeness (QED) is 0.738. The lowest BCUT2D eigenvalue weighted by atomic mass is 9.91. The Morgan fingerprint density at radius 3 is 2.80 bits per heavy atom. The summed E-state index contributed by atoms with van der Waals surface area (Å²) in [5.41, 5.74) is 3.42. The summed E-state index contributed by atoms with van der Waals surface area (Å²) in [5, 5.41) is 9.53. The first-order valence-corrected chi connectivity index (χ1v) is 8.86. The molecule has 2 unspecified atom stereocenters. The number of fused-ring (bicyclic) bond motifs is 1. The summed E-state index contributed by atoms with van der Waals surface area (Å²) in [7, 11) is 0. The van der Waals surface area contributed by atoms with Gasteiger partial charge in [0.1, 0.15) is 0 Å². The maximum atomic E-state index is 4.32. The highest BCUT2D eigenvalue weighted by Gasteiger charge is 2.26. The van der Waals surface area contributed by atoms with Crippen molar-refractivity contribution in [3.63, 3.8) is 0 Å². The van der Waals surface area contributed by atoms with Gasteiger partial charge in [0.05, 0.1) is 6.04 Å². The van der Waals surface area contributed by atoms with E-state index in [-0.39, 0.29) is 6.04 Å². The molecule has 2 atom stereocenters. The molecule has 3 nitrogen and oxygen atoms in total. The Morgan fingerprint density at radius 2 is 2.00 bits per heavy atom. The van der Waals surface area contributed by atoms with Crippen molar-refractivity contribution in [1.82, 2.24) is 15.6 Å². The van der Waals surface area contributed by atoms with Crippen LogP contribution in [0.5, 0.6) is 0 Å². The molecule has 2 heterocycles. The molecule has 126 valence electrons. The summed E-state index contributed by atoms with van der Waals surface area (Å²) < 4.78 is 0. The number of nitrogens with one attached hydrogen (secondary N) is 2. The Balaban J connectivity index is 1.61. The van der Waals surface area contributed by atoms with Gasteiger partial charge in [-0.1, -0.05) is 49.0 Å². The van der Waals surface area contributed by atoms with Crippen molar-refractivity contribution in [3.05, 3.63) is 84.7 Å². The fraction of sp³-hybridized carbons (Fsp3) is 0.227. The number of hydrogen-bond donors (Lipinski definition) is 2. The molecular weight excluding hydrogens is 306 g/mol. The van der Waals surface area contributed by atoms with Crippen LogP contribution in [0.1, 0.15) is 23.6 Å². The van der Waals surface area contributed by atoms with E-state index in [0.717, 1.165) is 29.7 Å². The molecule has 1 fully saturated rings. The van der Waals surface area contributed by atoms with Crippen LogP contribution >= 0.6 is 0 Å². The van der Waals surface area contributed by atoms with E-state index in [2.05, 4.69) is 70.7 Å². The molecule has 1 aromatic heterocycles. The van der Waals surface area contributed by atoms with Gasteiger partial charge in [-0.25, -0.2) is 0 Å². The molecule has 1 saturated heterocycles. The van der Waals surface area contributed by atoms with Crippen LogP contribution in [0.4, 0.5) is 0 Å². The van der Waals surface area contributed by atoms with Gasteiger partial charge < -0.3 is 10.6 Å². The van der Waals surface area contributed by atoms with Crippen molar-refractivity contribution in [2.75, 3.05) is 13.1 Å². The Morgan fingerprint density at radius 1 is 1.12 bits per heavy atom. The Kier molecular flexibility index (Phi) is 4.49. The SMILES string of the molecule is C=C(NC(c1ccccc1)C1CCNC1)c1ccc2cnccc2c1. The molecule has 25 heavy (non-hydrogen) atoms. The second-order valence-corrected chi connectivity index (χ2v) is 6.70. The van der Waals surface area contributed by atoms with Crippen LogP contribution in [0.25, 0.3) is 16.5 Å². The summed E-state index contributed by atoms with van der Waals surface area (Å²) in [6.45, 7) is 6.45. The maximum absolute atomic E-state index is 4.32. The largest absolute Gasteiger partial charge is 0.378 e. The highest BCUT2D eigenvalue weighted by Crippen LogP contribution is 2.29. The Hall–Kier alpha value is -2.65. The Labute approximate surface area is 148 Å². The molecule has 0 spiro atoms. The first-order valence-electron chi connectivity index (χ1n) is 8.86. The molecule has 0 aliphatic carbocycles. The fourth-order valence-corrected chi connectivity index (χ4v) is 3.64. The van der Waals surface area contributed by atoms with Crippen molar-refractivity contribution in [2.24, 2.45) is 5.92 Å². The number of rotatable bonds is 5. The molecular formula is C22H23N3. The average Bonchev–Trinajstić information content (AvgIpc) is 3.20. The summed E-state index contributed by atoms with van der Waals surface area (Å²) in [5.74, 6) is 0.573. The van der Waals surface area contributed by atoms with Crippen molar-refractivity contribution < 1.29 is 0 Å². The van der Waals surface area contributed by atoms with Gasteiger partial charge in [-0.2, -0.15) is 0 Å². The predicted molar refractivity (Wildman–Crippen MR) is 104 cm³/mol. The average molecular weight is 329 g/mol. The van der Waals surface area contributed by atoms with Gasteiger partial charge in [-0.05, 0) is 47.5 Å². The van der Waals surface area contributed by atoms with E-state index in [1.807, 2.05) is 18.5 Å². The minimum absolute atomic E-state index is 0.275. The molecule has 3 heteroatoms. The Bertz CT molecular complexity index is 867. The van der Waals surface area contributed by atoms with Crippen LogP contribution in [-0.2, 0) is 0 Å². The second kappa shape index (κ2) is 7.08. The zero-order valence-electron chi connectivity index (χ0n) is 14.3. The number of benzene rings is 2. The van der Waals surface area contributed by atoms with E-state index in [1.165, 1.54) is 17.4 Å². The standard InChI is InChI=1S/C22H23N3/c1-16(18-7-8-20-14-23-11-9-19(20)13-18)25-22(21-10-12-24-15-21)17-5-3-2-4-6-17/h2-9,11,13-14,21-22,24-25H,1,10,12,15H2. The van der Waals surface area contributed by atoms with Crippen molar-refractivity contribution in [1.29, 1.82) is 0 Å². The van der Waals surface area contributed by atoms with Crippen molar-refractivity contribution in [2.45, 2.75) is 12.5 Å². The molecule has 0 radical (unpaired) electrons. The normalized spacial score (nSPS) is 18.2. The first-order chi connectivity index (χ1) is 12.3. The zero-order valence-corrected chi connectivity index (χ0v) is 14.3. The molecule has 0 amide bonds. The summed E-state index contributed by atoms with van der Waals surface area (Å²) >= 11 is 0. The molecule has 1 aliphatic heterocycles. The van der Waals surface area contributed by atoms with Gasteiger partial charge >= 0.3 is 0 Å².